The SMILES string of the molecule is O=C(CCNC(=O)c1cccc(NC(=O)CCn2ccnc2)c1)NCc1ccncc1. The number of rotatable bonds is 10. The molecule has 0 atom stereocenters. The molecule has 2 aromatic heterocycles. The lowest BCUT2D eigenvalue weighted by Gasteiger charge is -2.09. The molecular formula is C22H24N6O3. The van der Waals surface area contributed by atoms with E-state index in [1.165, 1.54) is 0 Å². The number of carbonyl (C=O) groups is 3. The maximum Gasteiger partial charge on any atom is 0.251 e. The number of carbonyl (C=O) groups excluding carboxylic acids is 3. The van der Waals surface area contributed by atoms with Crippen LogP contribution >= 0.6 is 0 Å². The number of amides is 3. The van der Waals surface area contributed by atoms with Crippen LogP contribution in [0.2, 0.25) is 0 Å². The predicted octanol–water partition coefficient (Wildman–Crippen LogP) is 1.74. The maximum atomic E-state index is 12.4. The second-order valence-corrected chi connectivity index (χ2v) is 6.82. The van der Waals surface area contributed by atoms with Crippen molar-refractivity contribution >= 4 is 23.4 Å². The first kappa shape index (κ1) is 21.7. The van der Waals surface area contributed by atoms with Gasteiger partial charge in [-0.3, -0.25) is 19.4 Å². The molecule has 0 fully saturated rings. The van der Waals surface area contributed by atoms with Gasteiger partial charge in [0, 0.05) is 68.5 Å². The number of hydrogen-bond acceptors (Lipinski definition) is 5. The number of hydrogen-bond donors (Lipinski definition) is 3. The minimum absolute atomic E-state index is 0.155. The zero-order valence-electron chi connectivity index (χ0n) is 17.0. The summed E-state index contributed by atoms with van der Waals surface area (Å²) in [6, 6.07) is 10.3. The van der Waals surface area contributed by atoms with Crippen molar-refractivity contribution in [2.75, 3.05) is 11.9 Å². The number of nitrogens with one attached hydrogen (secondary N) is 3. The van der Waals surface area contributed by atoms with Crippen LogP contribution in [-0.4, -0.2) is 38.8 Å². The summed E-state index contributed by atoms with van der Waals surface area (Å²) in [4.78, 5) is 44.2. The van der Waals surface area contributed by atoms with Crippen LogP contribution in [0.4, 0.5) is 5.69 Å². The molecule has 0 unspecified atom stereocenters. The van der Waals surface area contributed by atoms with Gasteiger partial charge in [-0.25, -0.2) is 4.98 Å². The highest BCUT2D eigenvalue weighted by Crippen LogP contribution is 2.11. The summed E-state index contributed by atoms with van der Waals surface area (Å²) in [6.07, 6.45) is 8.89. The van der Waals surface area contributed by atoms with Crippen LogP contribution in [0.5, 0.6) is 0 Å². The van der Waals surface area contributed by atoms with Crippen molar-refractivity contribution in [3.05, 3.63) is 78.6 Å². The van der Waals surface area contributed by atoms with Crippen LogP contribution in [0.15, 0.2) is 67.5 Å². The number of aromatic nitrogens is 3. The van der Waals surface area contributed by atoms with Gasteiger partial charge < -0.3 is 20.5 Å². The number of anilines is 1. The summed E-state index contributed by atoms with van der Waals surface area (Å²) in [5.41, 5.74) is 1.90. The van der Waals surface area contributed by atoms with E-state index in [9.17, 15) is 14.4 Å². The minimum atomic E-state index is -0.309. The van der Waals surface area contributed by atoms with Gasteiger partial charge in [-0.05, 0) is 35.9 Å². The van der Waals surface area contributed by atoms with Gasteiger partial charge in [-0.2, -0.15) is 0 Å². The van der Waals surface area contributed by atoms with Crippen molar-refractivity contribution in [2.24, 2.45) is 0 Å². The van der Waals surface area contributed by atoms with Crippen molar-refractivity contribution in [1.29, 1.82) is 0 Å². The van der Waals surface area contributed by atoms with E-state index < -0.39 is 0 Å². The molecule has 3 rings (SSSR count). The van der Waals surface area contributed by atoms with Crippen molar-refractivity contribution in [2.45, 2.75) is 25.9 Å². The third-order valence-corrected chi connectivity index (χ3v) is 4.44. The first-order chi connectivity index (χ1) is 15.1. The molecule has 0 radical (unpaired) electrons. The number of pyridine rings is 1. The molecule has 9 heteroatoms. The van der Waals surface area contributed by atoms with Crippen LogP contribution in [0, 0.1) is 0 Å². The first-order valence-electron chi connectivity index (χ1n) is 9.89. The predicted molar refractivity (Wildman–Crippen MR) is 115 cm³/mol. The molecule has 2 heterocycles. The molecule has 3 aromatic rings. The fourth-order valence-electron chi connectivity index (χ4n) is 2.79. The average molecular weight is 420 g/mol. The third-order valence-electron chi connectivity index (χ3n) is 4.44. The Morgan fingerprint density at radius 3 is 2.52 bits per heavy atom. The lowest BCUT2D eigenvalue weighted by molar-refractivity contribution is -0.121. The van der Waals surface area contributed by atoms with Gasteiger partial charge in [0.1, 0.15) is 0 Å². The van der Waals surface area contributed by atoms with E-state index in [0.29, 0.717) is 30.8 Å². The van der Waals surface area contributed by atoms with Gasteiger partial charge in [0.15, 0.2) is 0 Å². The van der Waals surface area contributed by atoms with Crippen LogP contribution < -0.4 is 16.0 Å². The van der Waals surface area contributed by atoms with E-state index in [4.69, 9.17) is 0 Å². The van der Waals surface area contributed by atoms with Crippen molar-refractivity contribution in [3.63, 3.8) is 0 Å². The monoisotopic (exact) mass is 420 g/mol. The van der Waals surface area contributed by atoms with Crippen molar-refractivity contribution in [1.82, 2.24) is 25.2 Å². The molecule has 0 spiro atoms. The molecule has 9 nitrogen and oxygen atoms in total. The van der Waals surface area contributed by atoms with Crippen LogP contribution in [0.3, 0.4) is 0 Å². The highest BCUT2D eigenvalue weighted by Gasteiger charge is 2.09. The lowest BCUT2D eigenvalue weighted by Crippen LogP contribution is -2.30. The van der Waals surface area contributed by atoms with Crippen LogP contribution in [-0.2, 0) is 22.7 Å². The van der Waals surface area contributed by atoms with Gasteiger partial charge >= 0.3 is 0 Å². The van der Waals surface area contributed by atoms with Crippen LogP contribution in [0.25, 0.3) is 0 Å². The van der Waals surface area contributed by atoms with Crippen molar-refractivity contribution in [3.8, 4) is 0 Å². The number of benzene rings is 1. The topological polar surface area (TPSA) is 118 Å². The zero-order chi connectivity index (χ0) is 21.9. The third kappa shape index (κ3) is 7.39. The molecule has 0 saturated heterocycles. The highest BCUT2D eigenvalue weighted by atomic mass is 16.2. The Morgan fingerprint density at radius 1 is 0.903 bits per heavy atom. The molecule has 0 bridgehead atoms. The molecule has 160 valence electrons. The van der Waals surface area contributed by atoms with Gasteiger partial charge in [0.2, 0.25) is 11.8 Å². The second-order valence-electron chi connectivity index (χ2n) is 6.82. The molecule has 0 saturated carbocycles. The van der Waals surface area contributed by atoms with Gasteiger partial charge in [-0.1, -0.05) is 6.07 Å². The largest absolute Gasteiger partial charge is 0.352 e. The highest BCUT2D eigenvalue weighted by molar-refractivity contribution is 5.97. The Balaban J connectivity index is 1.39. The molecule has 1 aromatic carbocycles. The maximum absolute atomic E-state index is 12.4. The van der Waals surface area contributed by atoms with Crippen molar-refractivity contribution < 1.29 is 14.4 Å². The quantitative estimate of drug-likeness (QED) is 0.462. The molecule has 3 N–H and O–H groups in total. The summed E-state index contributed by atoms with van der Waals surface area (Å²) in [5.74, 6) is -0.621. The molecular weight excluding hydrogens is 396 g/mol. The average Bonchev–Trinajstić information content (AvgIpc) is 3.31. The van der Waals surface area contributed by atoms with Crippen LogP contribution in [0.1, 0.15) is 28.8 Å². The number of aryl methyl sites for hydroxylation is 1. The zero-order valence-corrected chi connectivity index (χ0v) is 17.0. The second kappa shape index (κ2) is 11.2. The minimum Gasteiger partial charge on any atom is -0.352 e. The Hall–Kier alpha value is -4.01. The van der Waals surface area contributed by atoms with E-state index >= 15 is 0 Å². The van der Waals surface area contributed by atoms with E-state index in [1.807, 2.05) is 16.7 Å². The number of nitrogens with zero attached hydrogens (tertiary/aromatic N) is 3. The Kier molecular flexibility index (Phi) is 7.87. The summed E-state index contributed by atoms with van der Waals surface area (Å²) in [6.45, 7) is 1.15. The molecule has 3 amide bonds. The lowest BCUT2D eigenvalue weighted by atomic mass is 10.2. The summed E-state index contributed by atoms with van der Waals surface area (Å²) in [7, 11) is 0. The molecule has 31 heavy (non-hydrogen) atoms. The summed E-state index contributed by atoms with van der Waals surface area (Å²) >= 11 is 0. The summed E-state index contributed by atoms with van der Waals surface area (Å²) in [5, 5.41) is 8.30. The van der Waals surface area contributed by atoms with E-state index in [0.717, 1.165) is 5.56 Å². The Morgan fingerprint density at radius 2 is 1.74 bits per heavy atom. The summed E-state index contributed by atoms with van der Waals surface area (Å²) < 4.78 is 1.82. The fourth-order valence-corrected chi connectivity index (χ4v) is 2.79. The van der Waals surface area contributed by atoms with Gasteiger partial charge in [-0.15, -0.1) is 0 Å². The molecule has 0 aliphatic carbocycles. The standard InChI is InChI=1S/C22H24N6O3/c29-20(26-15-17-4-8-23-9-5-17)6-10-25-22(31)18-2-1-3-19(14-18)27-21(30)7-12-28-13-11-24-16-28/h1-5,8-9,11,13-14,16H,6-7,10,12,15H2,(H,25,31)(H,26,29)(H,27,30). The van der Waals surface area contributed by atoms with Gasteiger partial charge in [0.25, 0.3) is 5.91 Å². The number of imidazole rings is 1. The molecule has 0 aliphatic heterocycles. The Labute approximate surface area is 179 Å². The molecule has 0 aliphatic rings. The van der Waals surface area contributed by atoms with E-state index in [-0.39, 0.29) is 30.7 Å². The van der Waals surface area contributed by atoms with Gasteiger partial charge in [0.05, 0.1) is 6.33 Å². The Bertz CT molecular complexity index is 1010. The fraction of sp³-hybridized carbons (Fsp3) is 0.227. The first-order valence-corrected chi connectivity index (χ1v) is 9.89. The van der Waals surface area contributed by atoms with E-state index in [2.05, 4.69) is 25.9 Å². The van der Waals surface area contributed by atoms with E-state index in [1.54, 1.807) is 55.4 Å². The smallest absolute Gasteiger partial charge is 0.251 e. The normalized spacial score (nSPS) is 10.3.